The highest BCUT2D eigenvalue weighted by atomic mass is 16.3. The van der Waals surface area contributed by atoms with Crippen LogP contribution in [-0.4, -0.2) is 16.6 Å². The van der Waals surface area contributed by atoms with Gasteiger partial charge in [-0.1, -0.05) is 38.1 Å². The molecule has 4 nitrogen and oxygen atoms in total. The molecule has 1 aliphatic rings. The van der Waals surface area contributed by atoms with E-state index in [1.807, 2.05) is 19.1 Å². The molecule has 0 bridgehead atoms. The number of hydrazone groups is 1. The summed E-state index contributed by atoms with van der Waals surface area (Å²) in [5.41, 5.74) is 3.24. The van der Waals surface area contributed by atoms with E-state index in [-0.39, 0.29) is 11.9 Å². The average Bonchev–Trinajstić information content (AvgIpc) is 3.23. The third kappa shape index (κ3) is 2.69. The molecule has 0 radical (unpaired) electrons. The van der Waals surface area contributed by atoms with E-state index in [0.29, 0.717) is 12.8 Å². The van der Waals surface area contributed by atoms with E-state index in [2.05, 4.69) is 36.3 Å². The van der Waals surface area contributed by atoms with Crippen LogP contribution in [0.3, 0.4) is 0 Å². The molecule has 0 aliphatic carbocycles. The second-order valence-electron chi connectivity index (χ2n) is 5.43. The van der Waals surface area contributed by atoms with Gasteiger partial charge in [0.2, 0.25) is 5.91 Å². The van der Waals surface area contributed by atoms with Crippen LogP contribution in [-0.2, 0) is 11.2 Å². The molecule has 0 N–H and O–H groups in total. The van der Waals surface area contributed by atoms with Gasteiger partial charge in [-0.25, -0.2) is 5.01 Å². The molecule has 0 fully saturated rings. The lowest BCUT2D eigenvalue weighted by molar-refractivity contribution is -0.132. The number of amides is 1. The largest absolute Gasteiger partial charge is 0.463 e. The summed E-state index contributed by atoms with van der Waals surface area (Å²) < 4.78 is 5.43. The molecule has 0 spiro atoms. The predicted octanol–water partition coefficient (Wildman–Crippen LogP) is 3.93. The van der Waals surface area contributed by atoms with Gasteiger partial charge in [-0.05, 0) is 29.7 Å². The van der Waals surface area contributed by atoms with Gasteiger partial charge in [-0.15, -0.1) is 0 Å². The SMILES string of the molecule is CCC(=O)N1N=C(c2ccco2)C[C@@H]1c1ccc(CC)cc1. The average molecular weight is 296 g/mol. The first-order valence-corrected chi connectivity index (χ1v) is 7.75. The van der Waals surface area contributed by atoms with Crippen molar-refractivity contribution in [3.63, 3.8) is 0 Å². The predicted molar refractivity (Wildman–Crippen MR) is 85.6 cm³/mol. The van der Waals surface area contributed by atoms with E-state index in [4.69, 9.17) is 4.42 Å². The third-order valence-corrected chi connectivity index (χ3v) is 4.05. The summed E-state index contributed by atoms with van der Waals surface area (Å²) in [5, 5.41) is 6.12. The summed E-state index contributed by atoms with van der Waals surface area (Å²) in [7, 11) is 0. The van der Waals surface area contributed by atoms with Gasteiger partial charge >= 0.3 is 0 Å². The van der Waals surface area contributed by atoms with Crippen LogP contribution in [0.25, 0.3) is 0 Å². The van der Waals surface area contributed by atoms with Gasteiger partial charge < -0.3 is 4.42 Å². The normalized spacial score (nSPS) is 17.6. The van der Waals surface area contributed by atoms with Crippen molar-refractivity contribution in [1.29, 1.82) is 0 Å². The molecule has 1 amide bonds. The van der Waals surface area contributed by atoms with Gasteiger partial charge in [0.05, 0.1) is 12.3 Å². The summed E-state index contributed by atoms with van der Waals surface area (Å²) in [6.45, 7) is 4.00. The first-order chi connectivity index (χ1) is 10.7. The standard InChI is InChI=1S/C18H20N2O2/c1-3-13-7-9-14(10-8-13)16-12-15(17-6-5-11-22-17)19-20(16)18(21)4-2/h5-11,16H,3-4,12H2,1-2H3/t16-/m1/s1. The lowest BCUT2D eigenvalue weighted by atomic mass is 9.99. The maximum absolute atomic E-state index is 12.2. The molecular weight excluding hydrogens is 276 g/mol. The molecule has 22 heavy (non-hydrogen) atoms. The van der Waals surface area contributed by atoms with Crippen molar-refractivity contribution >= 4 is 11.6 Å². The topological polar surface area (TPSA) is 45.8 Å². The molecule has 2 heterocycles. The van der Waals surface area contributed by atoms with E-state index in [1.165, 1.54) is 5.56 Å². The van der Waals surface area contributed by atoms with Gasteiger partial charge in [0.25, 0.3) is 0 Å². The number of carbonyl (C=O) groups excluding carboxylic acids is 1. The monoisotopic (exact) mass is 296 g/mol. The van der Waals surface area contributed by atoms with Crippen LogP contribution in [0.15, 0.2) is 52.2 Å². The zero-order chi connectivity index (χ0) is 15.5. The van der Waals surface area contributed by atoms with Crippen LogP contribution >= 0.6 is 0 Å². The van der Waals surface area contributed by atoms with E-state index >= 15 is 0 Å². The quantitative estimate of drug-likeness (QED) is 0.858. The molecule has 2 aromatic rings. The Hall–Kier alpha value is -2.36. The molecule has 3 rings (SSSR count). The molecule has 0 saturated carbocycles. The summed E-state index contributed by atoms with van der Waals surface area (Å²) in [6.07, 6.45) is 3.77. The van der Waals surface area contributed by atoms with Crippen LogP contribution in [0.4, 0.5) is 0 Å². The fraction of sp³-hybridized carbons (Fsp3) is 0.333. The molecule has 4 heteroatoms. The van der Waals surface area contributed by atoms with Crippen LogP contribution < -0.4 is 0 Å². The summed E-state index contributed by atoms with van der Waals surface area (Å²) in [5.74, 6) is 0.771. The molecular formula is C18H20N2O2. The summed E-state index contributed by atoms with van der Waals surface area (Å²) >= 11 is 0. The van der Waals surface area contributed by atoms with Crippen LogP contribution in [0.2, 0.25) is 0 Å². The number of rotatable bonds is 4. The molecule has 1 aromatic carbocycles. The van der Waals surface area contributed by atoms with Crippen molar-refractivity contribution in [1.82, 2.24) is 5.01 Å². The van der Waals surface area contributed by atoms with Crippen LogP contribution in [0.1, 0.15) is 49.6 Å². The maximum atomic E-state index is 12.2. The molecule has 1 atom stereocenters. The number of aryl methyl sites for hydroxylation is 1. The van der Waals surface area contributed by atoms with Gasteiger partial charge in [-0.3, -0.25) is 4.79 Å². The third-order valence-electron chi connectivity index (χ3n) is 4.05. The van der Waals surface area contributed by atoms with Crippen LogP contribution in [0.5, 0.6) is 0 Å². The lowest BCUT2D eigenvalue weighted by Crippen LogP contribution is -2.26. The highest BCUT2D eigenvalue weighted by Crippen LogP contribution is 2.33. The zero-order valence-corrected chi connectivity index (χ0v) is 13.0. The van der Waals surface area contributed by atoms with Crippen molar-refractivity contribution in [2.75, 3.05) is 0 Å². The zero-order valence-electron chi connectivity index (χ0n) is 13.0. The Morgan fingerprint density at radius 2 is 2.05 bits per heavy atom. The summed E-state index contributed by atoms with van der Waals surface area (Å²) in [6, 6.07) is 12.1. The number of benzene rings is 1. The second kappa shape index (κ2) is 6.18. The Morgan fingerprint density at radius 3 is 2.64 bits per heavy atom. The number of carbonyl (C=O) groups is 1. The van der Waals surface area contributed by atoms with Crippen molar-refractivity contribution in [3.05, 3.63) is 59.5 Å². The Balaban J connectivity index is 1.91. The van der Waals surface area contributed by atoms with Gasteiger partial charge in [0, 0.05) is 12.8 Å². The van der Waals surface area contributed by atoms with Gasteiger partial charge in [-0.2, -0.15) is 5.10 Å². The van der Waals surface area contributed by atoms with E-state index in [9.17, 15) is 4.79 Å². The molecule has 0 unspecified atom stereocenters. The lowest BCUT2D eigenvalue weighted by Gasteiger charge is -2.21. The van der Waals surface area contributed by atoms with Crippen molar-refractivity contribution in [2.24, 2.45) is 5.10 Å². The van der Waals surface area contributed by atoms with E-state index in [1.54, 1.807) is 11.3 Å². The first-order valence-electron chi connectivity index (χ1n) is 7.75. The second-order valence-corrected chi connectivity index (χ2v) is 5.43. The van der Waals surface area contributed by atoms with Crippen molar-refractivity contribution in [3.8, 4) is 0 Å². The highest BCUT2D eigenvalue weighted by Gasteiger charge is 2.33. The molecule has 1 aromatic heterocycles. The molecule has 114 valence electrons. The fourth-order valence-electron chi connectivity index (χ4n) is 2.73. The smallest absolute Gasteiger partial charge is 0.242 e. The minimum atomic E-state index is -0.0431. The van der Waals surface area contributed by atoms with E-state index in [0.717, 1.165) is 23.5 Å². The molecule has 0 saturated heterocycles. The number of furan rings is 1. The number of hydrogen-bond donors (Lipinski definition) is 0. The maximum Gasteiger partial charge on any atom is 0.242 e. The minimum absolute atomic E-state index is 0.0334. The number of nitrogens with zero attached hydrogens (tertiary/aromatic N) is 2. The number of hydrogen-bond acceptors (Lipinski definition) is 3. The fourth-order valence-corrected chi connectivity index (χ4v) is 2.73. The first kappa shape index (κ1) is 14.6. The minimum Gasteiger partial charge on any atom is -0.463 e. The van der Waals surface area contributed by atoms with E-state index < -0.39 is 0 Å². The Bertz CT molecular complexity index is 672. The van der Waals surface area contributed by atoms with Crippen molar-refractivity contribution in [2.45, 2.75) is 39.2 Å². The summed E-state index contributed by atoms with van der Waals surface area (Å²) in [4.78, 5) is 12.2. The Morgan fingerprint density at radius 1 is 1.27 bits per heavy atom. The van der Waals surface area contributed by atoms with Gasteiger partial charge in [0.15, 0.2) is 0 Å². The highest BCUT2D eigenvalue weighted by molar-refractivity contribution is 6.01. The Labute approximate surface area is 130 Å². The molecule has 1 aliphatic heterocycles. The van der Waals surface area contributed by atoms with Gasteiger partial charge in [0.1, 0.15) is 11.5 Å². The van der Waals surface area contributed by atoms with Crippen LogP contribution in [0, 0.1) is 0 Å². The Kier molecular flexibility index (Phi) is 4.09. The van der Waals surface area contributed by atoms with Crippen molar-refractivity contribution < 1.29 is 9.21 Å².